The average molecular weight is 921 g/mol. The number of H-pyrrole nitrogens is 4. The van der Waals surface area contributed by atoms with Crippen LogP contribution in [0.15, 0.2) is 146 Å². The predicted octanol–water partition coefficient (Wildman–Crippen LogP) is 7.54. The smallest absolute Gasteiger partial charge is 0.127 e. The summed E-state index contributed by atoms with van der Waals surface area (Å²) in [5, 5.41) is 3.55. The first-order valence-electron chi connectivity index (χ1n) is 21.2. The maximum atomic E-state index is 6.37. The van der Waals surface area contributed by atoms with E-state index < -0.39 is 0 Å². The first-order chi connectivity index (χ1) is 31.6. The van der Waals surface area contributed by atoms with Crippen molar-refractivity contribution in [1.29, 1.82) is 0 Å². The van der Waals surface area contributed by atoms with Gasteiger partial charge in [-0.3, -0.25) is 0 Å². The summed E-state index contributed by atoms with van der Waals surface area (Å²) in [4.78, 5) is 15.5. The molecule has 324 valence electrons. The molecule has 0 fully saturated rings. The Morgan fingerprint density at radius 2 is 0.516 bits per heavy atom. The number of hydrogen-bond donors (Lipinski definition) is 8. The first-order valence-corrected chi connectivity index (χ1v) is 23.7. The summed E-state index contributed by atoms with van der Waals surface area (Å²) in [6.45, 7) is 1.82. The Balaban J connectivity index is 1.43. The Kier molecular flexibility index (Phi) is 13.7. The van der Waals surface area contributed by atoms with Crippen LogP contribution >= 0.6 is 50.5 Å². The van der Waals surface area contributed by atoms with Crippen molar-refractivity contribution >= 4 is 72.8 Å². The molecule has 8 nitrogen and oxygen atoms in total. The molecule has 0 radical (unpaired) electrons. The van der Waals surface area contributed by atoms with Crippen molar-refractivity contribution in [3.63, 3.8) is 0 Å². The molecule has 4 aromatic heterocycles. The molecule has 5 heterocycles. The minimum atomic E-state index is 0.455. The zero-order chi connectivity index (χ0) is 43.8. The number of para-hydroxylation sites is 4. The van der Waals surface area contributed by atoms with Crippen LogP contribution in [0.4, 0.5) is 0 Å². The van der Waals surface area contributed by atoms with E-state index in [0.717, 1.165) is 112 Å². The average Bonchev–Trinajstić information content (AvgIpc) is 4.19. The normalized spacial score (nSPS) is 12.4. The lowest BCUT2D eigenvalue weighted by atomic mass is 10.0. The van der Waals surface area contributed by atoms with Gasteiger partial charge in [0.05, 0.1) is 26.4 Å². The molecule has 0 spiro atoms. The number of ether oxygens (including phenoxy) is 4. The van der Waals surface area contributed by atoms with Crippen molar-refractivity contribution in [3.8, 4) is 23.0 Å². The highest BCUT2D eigenvalue weighted by atomic mass is 32.1. The van der Waals surface area contributed by atoms with Crippen LogP contribution in [-0.2, 0) is 0 Å². The molecule has 0 atom stereocenters. The maximum Gasteiger partial charge on any atom is 0.127 e. The zero-order valence-corrected chi connectivity index (χ0v) is 38.5. The fourth-order valence-corrected chi connectivity index (χ4v) is 8.67. The van der Waals surface area contributed by atoms with Gasteiger partial charge >= 0.3 is 0 Å². The Morgan fingerprint density at radius 1 is 0.281 bits per heavy atom. The molecule has 8 bridgehead atoms. The van der Waals surface area contributed by atoms with Gasteiger partial charge in [0, 0.05) is 112 Å². The number of aromatic nitrogens is 4. The highest BCUT2D eigenvalue weighted by Gasteiger charge is 2.23. The van der Waals surface area contributed by atoms with Crippen LogP contribution in [0.2, 0.25) is 0 Å². The van der Waals surface area contributed by atoms with Gasteiger partial charge in [-0.05, 0) is 72.8 Å². The fraction of sp³-hybridized carbons (Fsp3) is 0.154. The number of aromatic amines is 4. The SMILES string of the molecule is SCCOc1ccccc1C1=c2ccc([nH]2)=C(c2ccccc2OCCS)c2ccc([nH]2)C(c2ccccc2OCCS)=c2ccc([nH]2)=C(c2ccccc2OCCS)c2ccc1[nH]2. The third-order valence-corrected chi connectivity index (χ3v) is 11.7. The predicted molar refractivity (Wildman–Crippen MR) is 271 cm³/mol. The van der Waals surface area contributed by atoms with Crippen LogP contribution in [0.5, 0.6) is 23.0 Å². The van der Waals surface area contributed by atoms with E-state index in [1.165, 1.54) is 0 Å². The molecule has 64 heavy (non-hydrogen) atoms. The van der Waals surface area contributed by atoms with E-state index >= 15 is 0 Å². The second kappa shape index (κ2) is 20.3. The van der Waals surface area contributed by atoms with Crippen molar-refractivity contribution < 1.29 is 18.9 Å². The maximum absolute atomic E-state index is 6.37. The van der Waals surface area contributed by atoms with Crippen LogP contribution in [-0.4, -0.2) is 69.4 Å². The fourth-order valence-electron chi connectivity index (χ4n) is 8.31. The summed E-state index contributed by atoms with van der Waals surface area (Å²) in [6, 6.07) is 49.6. The second-order valence-corrected chi connectivity index (χ2v) is 16.7. The van der Waals surface area contributed by atoms with Gasteiger partial charge in [0.25, 0.3) is 0 Å². The third kappa shape index (κ3) is 8.92. The highest BCUT2D eigenvalue weighted by Crippen LogP contribution is 2.35. The molecule has 8 aromatic rings. The quantitative estimate of drug-likeness (QED) is 0.0481. The molecule has 12 heteroatoms. The van der Waals surface area contributed by atoms with E-state index in [4.69, 9.17) is 18.9 Å². The monoisotopic (exact) mass is 920 g/mol. The number of fused-ring (bicyclic) bond motifs is 8. The molecule has 4 aromatic carbocycles. The number of nitrogens with one attached hydrogen (secondary N) is 4. The highest BCUT2D eigenvalue weighted by molar-refractivity contribution is 7.80. The topological polar surface area (TPSA) is 100 Å². The Bertz CT molecular complexity index is 2750. The van der Waals surface area contributed by atoms with Crippen molar-refractivity contribution in [1.82, 2.24) is 19.9 Å². The Labute approximate surface area is 393 Å². The molecule has 0 unspecified atom stereocenters. The van der Waals surface area contributed by atoms with E-state index in [1.807, 2.05) is 72.8 Å². The number of rotatable bonds is 16. The van der Waals surface area contributed by atoms with Crippen LogP contribution in [0.1, 0.15) is 45.0 Å². The number of thiol groups is 4. The van der Waals surface area contributed by atoms with Gasteiger partial charge in [0.1, 0.15) is 23.0 Å². The summed E-state index contributed by atoms with van der Waals surface area (Å²) in [5.74, 6) is 5.31. The first kappa shape index (κ1) is 43.3. The summed E-state index contributed by atoms with van der Waals surface area (Å²) in [5.41, 5.74) is 11.0. The van der Waals surface area contributed by atoms with Crippen molar-refractivity contribution in [3.05, 3.63) is 212 Å². The molecule has 0 aliphatic carbocycles. The zero-order valence-electron chi connectivity index (χ0n) is 34.9. The van der Waals surface area contributed by atoms with Gasteiger partial charge in [-0.25, -0.2) is 0 Å². The van der Waals surface area contributed by atoms with Crippen LogP contribution in [0.25, 0.3) is 22.3 Å². The van der Waals surface area contributed by atoms with Crippen LogP contribution in [0.3, 0.4) is 0 Å². The van der Waals surface area contributed by atoms with Gasteiger partial charge < -0.3 is 38.9 Å². The third-order valence-electron chi connectivity index (χ3n) is 10.9. The van der Waals surface area contributed by atoms with E-state index in [0.29, 0.717) is 49.4 Å². The summed E-state index contributed by atoms with van der Waals surface area (Å²) in [7, 11) is 0. The van der Waals surface area contributed by atoms with Gasteiger partial charge in [0.15, 0.2) is 0 Å². The second-order valence-electron chi connectivity index (χ2n) is 14.9. The van der Waals surface area contributed by atoms with Gasteiger partial charge in [-0.15, -0.1) is 0 Å². The summed E-state index contributed by atoms with van der Waals surface area (Å²) < 4.78 is 25.5. The molecular formula is C52H48N4O4S4. The van der Waals surface area contributed by atoms with Gasteiger partial charge in [0.2, 0.25) is 0 Å². The van der Waals surface area contributed by atoms with E-state index in [9.17, 15) is 0 Å². The molecule has 9 rings (SSSR count). The lowest BCUT2D eigenvalue weighted by Gasteiger charge is -2.15. The van der Waals surface area contributed by atoms with Crippen molar-refractivity contribution in [2.75, 3.05) is 49.4 Å². The standard InChI is InChI=1S/C52H48N4O4S4/c61-29-25-57-45-13-5-1-9-33(45)49-37-17-19-39(53-37)50(34-10-2-6-14-46(34)58-26-30-62)41-21-23-43(55-41)52(36-12-4-8-16-48(36)60-28-32-64)44-24-22-42(56-44)51(40-20-18-38(49)54-40)35-11-3-7-15-47(35)59-27-31-63/h1-24,53-56,61-64H,25-32H2. The van der Waals surface area contributed by atoms with Gasteiger partial charge in [-0.1, -0.05) is 72.8 Å². The molecule has 4 N–H and O–H groups in total. The van der Waals surface area contributed by atoms with Gasteiger partial charge in [-0.2, -0.15) is 50.5 Å². The summed E-state index contributed by atoms with van der Waals surface area (Å²) >= 11 is 17.9. The number of hydrogen-bond acceptors (Lipinski definition) is 8. The molecule has 1 aliphatic heterocycles. The summed E-state index contributed by atoms with van der Waals surface area (Å²) in [6.07, 6.45) is 0. The molecule has 0 amide bonds. The van der Waals surface area contributed by atoms with Crippen molar-refractivity contribution in [2.24, 2.45) is 0 Å². The number of benzene rings is 4. The van der Waals surface area contributed by atoms with E-state index in [1.54, 1.807) is 0 Å². The lowest BCUT2D eigenvalue weighted by molar-refractivity contribution is 0.343. The molecular weight excluding hydrogens is 873 g/mol. The molecule has 0 saturated heterocycles. The lowest BCUT2D eigenvalue weighted by Crippen LogP contribution is -2.20. The Hall–Kier alpha value is -5.92. The minimum Gasteiger partial charge on any atom is -0.492 e. The molecule has 0 saturated carbocycles. The van der Waals surface area contributed by atoms with E-state index in [2.05, 4.69) is 143 Å². The minimum absolute atomic E-state index is 0.455. The Morgan fingerprint density at radius 3 is 0.750 bits per heavy atom. The van der Waals surface area contributed by atoms with Crippen molar-refractivity contribution in [2.45, 2.75) is 0 Å². The van der Waals surface area contributed by atoms with E-state index in [-0.39, 0.29) is 0 Å². The van der Waals surface area contributed by atoms with Crippen LogP contribution < -0.4 is 40.3 Å². The largest absolute Gasteiger partial charge is 0.492 e. The molecule has 1 aliphatic rings. The van der Waals surface area contributed by atoms with Crippen LogP contribution in [0, 0.1) is 0 Å².